The fourth-order valence-electron chi connectivity index (χ4n) is 5.15. The molecule has 1 aromatic carbocycles. The molecule has 1 aromatic heterocycles. The molecule has 0 radical (unpaired) electrons. The summed E-state index contributed by atoms with van der Waals surface area (Å²) >= 11 is 6.03. The number of nitrogens with zero attached hydrogens (tertiary/aromatic N) is 4. The molecule has 1 saturated heterocycles. The van der Waals surface area contributed by atoms with Crippen LogP contribution in [0.25, 0.3) is 11.3 Å². The lowest BCUT2D eigenvalue weighted by Gasteiger charge is -2.38. The lowest BCUT2D eigenvalue weighted by Crippen LogP contribution is -2.52. The van der Waals surface area contributed by atoms with Gasteiger partial charge in [-0.15, -0.1) is 0 Å². The minimum Gasteiger partial charge on any atom is -0.481 e. The van der Waals surface area contributed by atoms with Crippen molar-refractivity contribution in [1.29, 1.82) is 0 Å². The van der Waals surface area contributed by atoms with E-state index >= 15 is 0 Å². The van der Waals surface area contributed by atoms with Gasteiger partial charge in [0.2, 0.25) is 5.91 Å². The Kier molecular flexibility index (Phi) is 8.11. The van der Waals surface area contributed by atoms with Crippen molar-refractivity contribution in [2.75, 3.05) is 19.6 Å². The number of carboxylic acids is 1. The maximum atomic E-state index is 13.4. The summed E-state index contributed by atoms with van der Waals surface area (Å²) < 4.78 is 1.83. The summed E-state index contributed by atoms with van der Waals surface area (Å²) in [4.78, 5) is 41.3. The monoisotopic (exact) mass is 500 g/mol. The standard InChI is InChI=1S/C26H33ClN4O4/c1-2-3-4-8-21-16-29(17-24(32)30-13-6-5-7-20(30)14-25(33)34)26(35)23-15-22(28-31(21)23)18-9-11-19(27)12-10-18/h9-12,15,20-21H,2-8,13-14,16-17H2,1H3,(H,33,34). The van der Waals surface area contributed by atoms with Crippen molar-refractivity contribution in [1.82, 2.24) is 19.6 Å². The minimum atomic E-state index is -0.904. The Morgan fingerprint density at radius 3 is 2.63 bits per heavy atom. The van der Waals surface area contributed by atoms with Crippen LogP contribution in [0.5, 0.6) is 0 Å². The van der Waals surface area contributed by atoms with Crippen LogP contribution < -0.4 is 0 Å². The summed E-state index contributed by atoms with van der Waals surface area (Å²) in [5.41, 5.74) is 2.07. The number of fused-ring (bicyclic) bond motifs is 1. The zero-order valence-corrected chi connectivity index (χ0v) is 20.9. The topological polar surface area (TPSA) is 95.7 Å². The number of carbonyl (C=O) groups excluding carboxylic acids is 2. The van der Waals surface area contributed by atoms with Gasteiger partial charge < -0.3 is 14.9 Å². The van der Waals surface area contributed by atoms with Crippen LogP contribution in [0.15, 0.2) is 30.3 Å². The lowest BCUT2D eigenvalue weighted by atomic mass is 9.99. The van der Waals surface area contributed by atoms with E-state index < -0.39 is 5.97 Å². The molecule has 2 aliphatic rings. The van der Waals surface area contributed by atoms with Gasteiger partial charge in [-0.3, -0.25) is 19.1 Å². The number of amides is 2. The molecular weight excluding hydrogens is 468 g/mol. The second kappa shape index (κ2) is 11.2. The number of likely N-dealkylation sites (tertiary alicyclic amines) is 1. The van der Waals surface area contributed by atoms with Crippen LogP contribution in [-0.4, -0.2) is 68.1 Å². The van der Waals surface area contributed by atoms with Crippen LogP contribution >= 0.6 is 11.6 Å². The van der Waals surface area contributed by atoms with Gasteiger partial charge in [-0.25, -0.2) is 0 Å². The third-order valence-corrected chi connectivity index (χ3v) is 7.24. The summed E-state index contributed by atoms with van der Waals surface area (Å²) in [6.45, 7) is 3.07. The predicted molar refractivity (Wildman–Crippen MR) is 133 cm³/mol. The molecule has 4 rings (SSSR count). The van der Waals surface area contributed by atoms with Crippen LogP contribution in [0.3, 0.4) is 0 Å². The van der Waals surface area contributed by atoms with E-state index in [0.717, 1.165) is 44.1 Å². The van der Waals surface area contributed by atoms with Crippen LogP contribution in [-0.2, 0) is 9.59 Å². The number of carbonyl (C=O) groups is 3. The fraction of sp³-hybridized carbons (Fsp3) is 0.538. The Morgan fingerprint density at radius 1 is 1.14 bits per heavy atom. The highest BCUT2D eigenvalue weighted by atomic mass is 35.5. The zero-order chi connectivity index (χ0) is 24.9. The number of halogens is 1. The quantitative estimate of drug-likeness (QED) is 0.506. The molecule has 2 aliphatic heterocycles. The third kappa shape index (κ3) is 5.86. The zero-order valence-electron chi connectivity index (χ0n) is 20.2. The summed E-state index contributed by atoms with van der Waals surface area (Å²) in [6, 6.07) is 8.83. The maximum Gasteiger partial charge on any atom is 0.305 e. The number of carboxylic acid groups (broad SMARTS) is 1. The molecule has 2 amide bonds. The molecule has 0 bridgehead atoms. The molecule has 1 fully saturated rings. The second-order valence-corrected chi connectivity index (χ2v) is 9.97. The molecule has 8 nitrogen and oxygen atoms in total. The van der Waals surface area contributed by atoms with Crippen molar-refractivity contribution in [2.45, 2.75) is 70.4 Å². The van der Waals surface area contributed by atoms with Gasteiger partial charge in [0.15, 0.2) is 0 Å². The first-order valence-corrected chi connectivity index (χ1v) is 12.9. The normalized spacial score (nSPS) is 20.1. The smallest absolute Gasteiger partial charge is 0.305 e. The van der Waals surface area contributed by atoms with E-state index in [9.17, 15) is 19.5 Å². The first-order chi connectivity index (χ1) is 16.9. The number of aromatic nitrogens is 2. The molecule has 2 unspecified atom stereocenters. The van der Waals surface area contributed by atoms with E-state index in [4.69, 9.17) is 16.7 Å². The first kappa shape index (κ1) is 25.2. The van der Waals surface area contributed by atoms with Crippen molar-refractivity contribution in [3.63, 3.8) is 0 Å². The molecule has 3 heterocycles. The fourth-order valence-corrected chi connectivity index (χ4v) is 5.27. The number of piperidine rings is 1. The second-order valence-electron chi connectivity index (χ2n) is 9.54. The summed E-state index contributed by atoms with van der Waals surface area (Å²) in [7, 11) is 0. The molecule has 0 spiro atoms. The van der Waals surface area contributed by atoms with Crippen molar-refractivity contribution in [3.8, 4) is 11.3 Å². The molecule has 1 N–H and O–H groups in total. The average molecular weight is 501 g/mol. The number of aliphatic carboxylic acids is 1. The molecule has 35 heavy (non-hydrogen) atoms. The highest BCUT2D eigenvalue weighted by molar-refractivity contribution is 6.30. The van der Waals surface area contributed by atoms with E-state index in [2.05, 4.69) is 6.92 Å². The van der Waals surface area contributed by atoms with E-state index in [-0.39, 0.29) is 36.9 Å². The Bertz CT molecular complexity index is 1070. The molecule has 9 heteroatoms. The van der Waals surface area contributed by atoms with E-state index in [0.29, 0.717) is 35.9 Å². The molecule has 2 aromatic rings. The van der Waals surface area contributed by atoms with Gasteiger partial charge in [-0.05, 0) is 43.9 Å². The number of unbranched alkanes of at least 4 members (excludes halogenated alkanes) is 2. The third-order valence-electron chi connectivity index (χ3n) is 6.98. The van der Waals surface area contributed by atoms with Gasteiger partial charge in [0.25, 0.3) is 5.91 Å². The molecule has 0 saturated carbocycles. The Labute approximate surface area is 210 Å². The summed E-state index contributed by atoms with van der Waals surface area (Å²) in [6.07, 6.45) is 6.46. The average Bonchev–Trinajstić information content (AvgIpc) is 3.28. The van der Waals surface area contributed by atoms with E-state index in [1.807, 2.05) is 16.8 Å². The van der Waals surface area contributed by atoms with Gasteiger partial charge >= 0.3 is 5.97 Å². The number of hydrogen-bond acceptors (Lipinski definition) is 4. The molecule has 188 valence electrons. The van der Waals surface area contributed by atoms with Crippen LogP contribution in [0, 0.1) is 0 Å². The molecule has 0 aliphatic carbocycles. The van der Waals surface area contributed by atoms with E-state index in [1.165, 1.54) is 0 Å². The van der Waals surface area contributed by atoms with Gasteiger partial charge in [0.1, 0.15) is 12.2 Å². The number of hydrogen-bond donors (Lipinski definition) is 1. The SMILES string of the molecule is CCCCCC1CN(CC(=O)N2CCCCC2CC(=O)O)C(=O)c2cc(-c3ccc(Cl)cc3)nn21. The van der Waals surface area contributed by atoms with E-state index in [1.54, 1.807) is 28.0 Å². The lowest BCUT2D eigenvalue weighted by molar-refractivity contribution is -0.142. The van der Waals surface area contributed by atoms with Gasteiger partial charge in [-0.2, -0.15) is 5.10 Å². The van der Waals surface area contributed by atoms with Crippen molar-refractivity contribution >= 4 is 29.4 Å². The maximum absolute atomic E-state index is 13.4. The number of benzene rings is 1. The number of rotatable bonds is 9. The first-order valence-electron chi connectivity index (χ1n) is 12.5. The Balaban J connectivity index is 1.56. The van der Waals surface area contributed by atoms with Crippen molar-refractivity contribution < 1.29 is 19.5 Å². The van der Waals surface area contributed by atoms with Crippen molar-refractivity contribution in [3.05, 3.63) is 41.0 Å². The predicted octanol–water partition coefficient (Wildman–Crippen LogP) is 4.64. The largest absolute Gasteiger partial charge is 0.481 e. The minimum absolute atomic E-state index is 0.0146. The van der Waals surface area contributed by atoms with Crippen LogP contribution in [0.4, 0.5) is 0 Å². The van der Waals surface area contributed by atoms with Crippen LogP contribution in [0.1, 0.15) is 74.8 Å². The van der Waals surface area contributed by atoms with Crippen LogP contribution in [0.2, 0.25) is 5.02 Å². The van der Waals surface area contributed by atoms with Gasteiger partial charge in [-0.1, -0.05) is 49.9 Å². The van der Waals surface area contributed by atoms with Gasteiger partial charge in [0, 0.05) is 29.7 Å². The summed E-state index contributed by atoms with van der Waals surface area (Å²) in [5, 5.41) is 14.7. The van der Waals surface area contributed by atoms with Gasteiger partial charge in [0.05, 0.1) is 18.2 Å². The highest BCUT2D eigenvalue weighted by Crippen LogP contribution is 2.30. The Morgan fingerprint density at radius 2 is 1.91 bits per heavy atom. The van der Waals surface area contributed by atoms with Crippen molar-refractivity contribution in [2.24, 2.45) is 0 Å². The summed E-state index contributed by atoms with van der Waals surface area (Å²) in [5.74, 6) is -1.30. The Hall–Kier alpha value is -2.87. The molecule has 2 atom stereocenters. The molecular formula is C26H33ClN4O4. The highest BCUT2D eigenvalue weighted by Gasteiger charge is 2.36.